The van der Waals surface area contributed by atoms with Crippen LogP contribution in [0.3, 0.4) is 0 Å². The molecular formula is C17H22N4O2. The first-order valence-corrected chi connectivity index (χ1v) is 8.07. The van der Waals surface area contributed by atoms with Gasteiger partial charge in [-0.05, 0) is 38.4 Å². The summed E-state index contributed by atoms with van der Waals surface area (Å²) in [4.78, 5) is 12.6. The second kappa shape index (κ2) is 7.28. The quantitative estimate of drug-likeness (QED) is 0.882. The minimum Gasteiger partial charge on any atom is -0.490 e. The van der Waals surface area contributed by atoms with E-state index in [0.29, 0.717) is 18.1 Å². The van der Waals surface area contributed by atoms with Gasteiger partial charge in [-0.2, -0.15) is 5.10 Å². The van der Waals surface area contributed by atoms with Crippen molar-refractivity contribution in [1.29, 1.82) is 0 Å². The first-order valence-electron chi connectivity index (χ1n) is 8.07. The van der Waals surface area contributed by atoms with Crippen molar-refractivity contribution >= 4 is 5.91 Å². The molecule has 0 aliphatic carbocycles. The number of benzene rings is 1. The Bertz CT molecular complexity index is 648. The van der Waals surface area contributed by atoms with Gasteiger partial charge >= 0.3 is 0 Å². The van der Waals surface area contributed by atoms with Gasteiger partial charge in [0, 0.05) is 12.6 Å². The number of aromatic nitrogens is 2. The van der Waals surface area contributed by atoms with Crippen LogP contribution in [0.15, 0.2) is 36.5 Å². The van der Waals surface area contributed by atoms with Crippen LogP contribution < -0.4 is 15.4 Å². The third-order valence-electron chi connectivity index (χ3n) is 3.85. The van der Waals surface area contributed by atoms with Gasteiger partial charge in [-0.15, -0.1) is 0 Å². The number of nitrogens with zero attached hydrogens (tertiary/aromatic N) is 2. The Morgan fingerprint density at radius 3 is 2.96 bits per heavy atom. The molecule has 1 aliphatic rings. The van der Waals surface area contributed by atoms with Gasteiger partial charge in [-0.1, -0.05) is 18.2 Å². The molecule has 1 fully saturated rings. The van der Waals surface area contributed by atoms with E-state index in [4.69, 9.17) is 4.74 Å². The van der Waals surface area contributed by atoms with Crippen molar-refractivity contribution in [3.05, 3.63) is 42.2 Å². The van der Waals surface area contributed by atoms with Crippen molar-refractivity contribution in [2.75, 3.05) is 19.7 Å². The summed E-state index contributed by atoms with van der Waals surface area (Å²) in [5.41, 5.74) is 1.23. The van der Waals surface area contributed by atoms with Crippen LogP contribution in [0.25, 0.3) is 5.69 Å². The largest absolute Gasteiger partial charge is 0.490 e. The highest BCUT2D eigenvalue weighted by atomic mass is 16.5. The number of para-hydroxylation sites is 1. The van der Waals surface area contributed by atoms with Crippen LogP contribution in [-0.2, 0) is 0 Å². The lowest BCUT2D eigenvalue weighted by atomic mass is 10.1. The average molecular weight is 314 g/mol. The normalized spacial score (nSPS) is 17.7. The van der Waals surface area contributed by atoms with Gasteiger partial charge in [0.1, 0.15) is 0 Å². The summed E-state index contributed by atoms with van der Waals surface area (Å²) < 4.78 is 7.27. The number of hydrogen-bond donors (Lipinski definition) is 2. The van der Waals surface area contributed by atoms with E-state index in [9.17, 15) is 4.79 Å². The molecule has 6 heteroatoms. The van der Waals surface area contributed by atoms with Crippen molar-refractivity contribution in [3.8, 4) is 11.4 Å². The first kappa shape index (κ1) is 15.6. The molecule has 0 unspecified atom stereocenters. The van der Waals surface area contributed by atoms with Gasteiger partial charge in [0.05, 0.1) is 18.5 Å². The molecule has 6 nitrogen and oxygen atoms in total. The molecular weight excluding hydrogens is 292 g/mol. The summed E-state index contributed by atoms with van der Waals surface area (Å²) in [6.07, 6.45) is 3.82. The predicted octanol–water partition coefficient (Wildman–Crippen LogP) is 1.75. The van der Waals surface area contributed by atoms with Crippen LogP contribution in [0.2, 0.25) is 0 Å². The van der Waals surface area contributed by atoms with E-state index in [2.05, 4.69) is 15.7 Å². The van der Waals surface area contributed by atoms with Gasteiger partial charge in [0.15, 0.2) is 11.4 Å². The van der Waals surface area contributed by atoms with Crippen molar-refractivity contribution in [2.24, 2.45) is 0 Å². The van der Waals surface area contributed by atoms with Gasteiger partial charge in [0.2, 0.25) is 0 Å². The Balaban J connectivity index is 1.81. The van der Waals surface area contributed by atoms with Crippen LogP contribution >= 0.6 is 0 Å². The first-order chi connectivity index (χ1) is 11.3. The van der Waals surface area contributed by atoms with Crippen LogP contribution in [0.1, 0.15) is 30.3 Å². The van der Waals surface area contributed by atoms with E-state index >= 15 is 0 Å². The Labute approximate surface area is 135 Å². The zero-order valence-corrected chi connectivity index (χ0v) is 13.3. The lowest BCUT2D eigenvalue weighted by Gasteiger charge is -2.23. The van der Waals surface area contributed by atoms with Gasteiger partial charge in [-0.3, -0.25) is 4.79 Å². The molecule has 2 heterocycles. The Morgan fingerprint density at radius 1 is 1.43 bits per heavy atom. The van der Waals surface area contributed by atoms with Crippen molar-refractivity contribution in [1.82, 2.24) is 20.4 Å². The van der Waals surface area contributed by atoms with Crippen molar-refractivity contribution in [2.45, 2.75) is 25.8 Å². The molecule has 1 aromatic carbocycles. The second-order valence-corrected chi connectivity index (χ2v) is 5.57. The van der Waals surface area contributed by atoms with Gasteiger partial charge < -0.3 is 15.4 Å². The minimum absolute atomic E-state index is 0.146. The molecule has 0 bridgehead atoms. The molecule has 0 spiro atoms. The van der Waals surface area contributed by atoms with E-state index in [-0.39, 0.29) is 11.9 Å². The van der Waals surface area contributed by atoms with Crippen molar-refractivity contribution < 1.29 is 9.53 Å². The van der Waals surface area contributed by atoms with Gasteiger partial charge in [-0.25, -0.2) is 4.68 Å². The summed E-state index contributed by atoms with van der Waals surface area (Å²) in [6.45, 7) is 4.20. The highest BCUT2D eigenvalue weighted by molar-refractivity contribution is 5.95. The third kappa shape index (κ3) is 3.71. The summed E-state index contributed by atoms with van der Waals surface area (Å²) in [5.74, 6) is 0.328. The average Bonchev–Trinajstić information content (AvgIpc) is 3.01. The zero-order chi connectivity index (χ0) is 16.1. The molecule has 0 saturated carbocycles. The number of rotatable bonds is 5. The number of ether oxygens (including phenoxy) is 1. The lowest BCUT2D eigenvalue weighted by molar-refractivity contribution is 0.0921. The predicted molar refractivity (Wildman–Crippen MR) is 88.1 cm³/mol. The highest BCUT2D eigenvalue weighted by Crippen LogP contribution is 2.20. The molecule has 122 valence electrons. The van der Waals surface area contributed by atoms with E-state index in [1.54, 1.807) is 10.9 Å². The molecule has 23 heavy (non-hydrogen) atoms. The maximum absolute atomic E-state index is 12.6. The molecule has 0 radical (unpaired) electrons. The maximum Gasteiger partial charge on any atom is 0.275 e. The Morgan fingerprint density at radius 2 is 2.26 bits per heavy atom. The molecule has 1 aliphatic heterocycles. The molecule has 1 saturated heterocycles. The number of carbonyl (C=O) groups excluding carboxylic acids is 1. The van der Waals surface area contributed by atoms with E-state index in [1.807, 2.05) is 37.3 Å². The monoisotopic (exact) mass is 314 g/mol. The fourth-order valence-electron chi connectivity index (χ4n) is 2.72. The Kier molecular flexibility index (Phi) is 4.92. The molecule has 1 atom stereocenters. The second-order valence-electron chi connectivity index (χ2n) is 5.57. The SMILES string of the molecule is CCOc1cn(-c2ccccc2)nc1C(=O)N[C@H]1CCCNC1. The van der Waals surface area contributed by atoms with Crippen LogP contribution in [0.5, 0.6) is 5.75 Å². The fourth-order valence-corrected chi connectivity index (χ4v) is 2.72. The highest BCUT2D eigenvalue weighted by Gasteiger charge is 2.22. The number of amides is 1. The number of hydrogen-bond acceptors (Lipinski definition) is 4. The topological polar surface area (TPSA) is 68.2 Å². The summed E-state index contributed by atoms with van der Waals surface area (Å²) >= 11 is 0. The summed E-state index contributed by atoms with van der Waals surface area (Å²) in [5, 5.41) is 10.8. The van der Waals surface area contributed by atoms with E-state index in [0.717, 1.165) is 31.6 Å². The fraction of sp³-hybridized carbons (Fsp3) is 0.412. The zero-order valence-electron chi connectivity index (χ0n) is 13.3. The number of carbonyl (C=O) groups is 1. The van der Waals surface area contributed by atoms with E-state index in [1.165, 1.54) is 0 Å². The molecule has 1 amide bonds. The molecule has 2 N–H and O–H groups in total. The third-order valence-corrected chi connectivity index (χ3v) is 3.85. The molecule has 3 rings (SSSR count). The number of piperidine rings is 1. The standard InChI is InChI=1S/C17H22N4O2/c1-2-23-15-12-21(14-8-4-3-5-9-14)20-16(15)17(22)19-13-7-6-10-18-11-13/h3-5,8-9,12-13,18H,2,6-7,10-11H2,1H3,(H,19,22)/t13-/m0/s1. The van der Waals surface area contributed by atoms with Crippen LogP contribution in [0.4, 0.5) is 0 Å². The summed E-state index contributed by atoms with van der Waals surface area (Å²) in [7, 11) is 0. The molecule has 2 aromatic rings. The van der Waals surface area contributed by atoms with Crippen LogP contribution in [-0.4, -0.2) is 41.4 Å². The number of nitrogens with one attached hydrogen (secondary N) is 2. The Hall–Kier alpha value is -2.34. The lowest BCUT2D eigenvalue weighted by Crippen LogP contribution is -2.45. The molecule has 1 aromatic heterocycles. The summed E-state index contributed by atoms with van der Waals surface area (Å²) in [6, 6.07) is 9.84. The smallest absolute Gasteiger partial charge is 0.275 e. The van der Waals surface area contributed by atoms with Gasteiger partial charge in [0.25, 0.3) is 5.91 Å². The van der Waals surface area contributed by atoms with Crippen molar-refractivity contribution in [3.63, 3.8) is 0 Å². The maximum atomic E-state index is 12.6. The van der Waals surface area contributed by atoms with Crippen LogP contribution in [0, 0.1) is 0 Å². The minimum atomic E-state index is -0.183. The van der Waals surface area contributed by atoms with E-state index < -0.39 is 0 Å².